The number of hydrogen-bond acceptors (Lipinski definition) is 2. The standard InChI is InChI=1S/C14H28O2/c1-3-5-7-9-12(8-6-4-2)13-10-16-11-14(13)15/h12-15H,3-11H2,1-2H3/t12?,13?,14-/m0/s1. The summed E-state index contributed by atoms with van der Waals surface area (Å²) >= 11 is 0. The SMILES string of the molecule is CCCCCC(CCCC)C1COC[C@@H]1O. The van der Waals surface area contributed by atoms with Crippen LogP contribution in [0.25, 0.3) is 0 Å². The van der Waals surface area contributed by atoms with E-state index in [0.717, 1.165) is 6.61 Å². The summed E-state index contributed by atoms with van der Waals surface area (Å²) in [5, 5.41) is 9.89. The molecule has 3 atom stereocenters. The summed E-state index contributed by atoms with van der Waals surface area (Å²) in [6, 6.07) is 0. The van der Waals surface area contributed by atoms with Gasteiger partial charge in [0, 0.05) is 5.92 Å². The van der Waals surface area contributed by atoms with Crippen LogP contribution in [0, 0.1) is 11.8 Å². The van der Waals surface area contributed by atoms with E-state index in [0.29, 0.717) is 18.4 Å². The second-order valence-corrected chi connectivity index (χ2v) is 5.17. The van der Waals surface area contributed by atoms with Gasteiger partial charge < -0.3 is 9.84 Å². The van der Waals surface area contributed by atoms with Crippen molar-refractivity contribution >= 4 is 0 Å². The Morgan fingerprint density at radius 1 is 1.06 bits per heavy atom. The van der Waals surface area contributed by atoms with E-state index in [1.807, 2.05) is 0 Å². The molecule has 0 bridgehead atoms. The Kier molecular flexibility index (Phi) is 7.06. The van der Waals surface area contributed by atoms with Crippen molar-refractivity contribution in [2.75, 3.05) is 13.2 Å². The first kappa shape index (κ1) is 14.0. The van der Waals surface area contributed by atoms with E-state index in [1.165, 1.54) is 44.9 Å². The van der Waals surface area contributed by atoms with Crippen molar-refractivity contribution < 1.29 is 9.84 Å². The van der Waals surface area contributed by atoms with Gasteiger partial charge in [0.15, 0.2) is 0 Å². The third kappa shape index (κ3) is 4.42. The normalized spacial score (nSPS) is 27.2. The second-order valence-electron chi connectivity index (χ2n) is 5.17. The van der Waals surface area contributed by atoms with Gasteiger partial charge in [-0.1, -0.05) is 52.4 Å². The molecule has 0 aromatic rings. The molecule has 0 aromatic heterocycles. The number of ether oxygens (including phenoxy) is 1. The lowest BCUT2D eigenvalue weighted by molar-refractivity contribution is 0.0983. The van der Waals surface area contributed by atoms with Crippen LogP contribution in [0.4, 0.5) is 0 Å². The van der Waals surface area contributed by atoms with Crippen LogP contribution in [0.2, 0.25) is 0 Å². The number of aliphatic hydroxyl groups excluding tert-OH is 1. The molecule has 0 spiro atoms. The molecule has 2 heteroatoms. The quantitative estimate of drug-likeness (QED) is 0.645. The Morgan fingerprint density at radius 2 is 1.75 bits per heavy atom. The van der Waals surface area contributed by atoms with E-state index in [9.17, 15) is 5.11 Å². The molecule has 0 aliphatic carbocycles. The average molecular weight is 228 g/mol. The summed E-state index contributed by atoms with van der Waals surface area (Å²) in [6.07, 6.45) is 8.81. The summed E-state index contributed by atoms with van der Waals surface area (Å²) in [5.74, 6) is 1.09. The van der Waals surface area contributed by atoms with Gasteiger partial charge in [0.2, 0.25) is 0 Å². The fraction of sp³-hybridized carbons (Fsp3) is 1.00. The lowest BCUT2D eigenvalue weighted by atomic mass is 9.82. The Morgan fingerprint density at radius 3 is 2.31 bits per heavy atom. The molecule has 1 aliphatic rings. The summed E-state index contributed by atoms with van der Waals surface area (Å²) in [4.78, 5) is 0. The lowest BCUT2D eigenvalue weighted by Gasteiger charge is -2.24. The van der Waals surface area contributed by atoms with Crippen molar-refractivity contribution in [3.63, 3.8) is 0 Å². The van der Waals surface area contributed by atoms with E-state index >= 15 is 0 Å². The molecule has 0 saturated carbocycles. The van der Waals surface area contributed by atoms with Crippen LogP contribution in [-0.4, -0.2) is 24.4 Å². The molecule has 96 valence electrons. The Bertz CT molecular complexity index is 170. The first-order valence-corrected chi connectivity index (χ1v) is 7.05. The fourth-order valence-electron chi connectivity index (χ4n) is 2.71. The lowest BCUT2D eigenvalue weighted by Crippen LogP contribution is -2.26. The number of unbranched alkanes of at least 4 members (excludes halogenated alkanes) is 3. The van der Waals surface area contributed by atoms with E-state index in [2.05, 4.69) is 13.8 Å². The minimum atomic E-state index is -0.205. The maximum Gasteiger partial charge on any atom is 0.0826 e. The molecule has 2 unspecified atom stereocenters. The van der Waals surface area contributed by atoms with E-state index < -0.39 is 0 Å². The van der Waals surface area contributed by atoms with Crippen molar-refractivity contribution in [1.29, 1.82) is 0 Å². The molecule has 1 aliphatic heterocycles. The first-order chi connectivity index (χ1) is 7.79. The molecule has 1 N–H and O–H groups in total. The minimum absolute atomic E-state index is 0.205. The van der Waals surface area contributed by atoms with Gasteiger partial charge in [-0.25, -0.2) is 0 Å². The van der Waals surface area contributed by atoms with Crippen LogP contribution >= 0.6 is 0 Å². The van der Waals surface area contributed by atoms with E-state index in [1.54, 1.807) is 0 Å². The topological polar surface area (TPSA) is 29.5 Å². The van der Waals surface area contributed by atoms with Crippen molar-refractivity contribution in [3.05, 3.63) is 0 Å². The molecule has 1 fully saturated rings. The minimum Gasteiger partial charge on any atom is -0.390 e. The van der Waals surface area contributed by atoms with Crippen LogP contribution in [-0.2, 0) is 4.74 Å². The molecule has 0 amide bonds. The van der Waals surface area contributed by atoms with Crippen molar-refractivity contribution in [2.24, 2.45) is 11.8 Å². The van der Waals surface area contributed by atoms with E-state index in [-0.39, 0.29) is 6.10 Å². The van der Waals surface area contributed by atoms with Crippen LogP contribution < -0.4 is 0 Å². The smallest absolute Gasteiger partial charge is 0.0826 e. The predicted octanol–water partition coefficient (Wildman–Crippen LogP) is 3.38. The third-order valence-electron chi connectivity index (χ3n) is 3.81. The van der Waals surface area contributed by atoms with Crippen LogP contribution in [0.15, 0.2) is 0 Å². The Labute approximate surface area is 100 Å². The van der Waals surface area contributed by atoms with Gasteiger partial charge >= 0.3 is 0 Å². The molecule has 1 rings (SSSR count). The maximum absolute atomic E-state index is 9.89. The van der Waals surface area contributed by atoms with Crippen LogP contribution in [0.5, 0.6) is 0 Å². The van der Waals surface area contributed by atoms with Crippen LogP contribution in [0.1, 0.15) is 58.8 Å². The molecule has 1 heterocycles. The number of aliphatic hydroxyl groups is 1. The summed E-state index contributed by atoms with van der Waals surface area (Å²) < 4.78 is 5.39. The van der Waals surface area contributed by atoms with Crippen molar-refractivity contribution in [3.8, 4) is 0 Å². The highest BCUT2D eigenvalue weighted by molar-refractivity contribution is 4.80. The van der Waals surface area contributed by atoms with Gasteiger partial charge in [-0.3, -0.25) is 0 Å². The largest absolute Gasteiger partial charge is 0.390 e. The van der Waals surface area contributed by atoms with Gasteiger partial charge in [-0.05, 0) is 12.3 Å². The maximum atomic E-state index is 9.89. The Balaban J connectivity index is 2.35. The van der Waals surface area contributed by atoms with Gasteiger partial charge in [-0.15, -0.1) is 0 Å². The average Bonchev–Trinajstić information content (AvgIpc) is 2.70. The summed E-state index contributed by atoms with van der Waals surface area (Å²) in [7, 11) is 0. The zero-order chi connectivity index (χ0) is 11.8. The summed E-state index contributed by atoms with van der Waals surface area (Å²) in [5.41, 5.74) is 0. The highest BCUT2D eigenvalue weighted by Crippen LogP contribution is 2.30. The van der Waals surface area contributed by atoms with Gasteiger partial charge in [0.25, 0.3) is 0 Å². The highest BCUT2D eigenvalue weighted by Gasteiger charge is 2.32. The summed E-state index contributed by atoms with van der Waals surface area (Å²) in [6.45, 7) is 5.82. The molecular formula is C14H28O2. The Hall–Kier alpha value is -0.0800. The highest BCUT2D eigenvalue weighted by atomic mass is 16.5. The first-order valence-electron chi connectivity index (χ1n) is 7.05. The van der Waals surface area contributed by atoms with Crippen molar-refractivity contribution in [1.82, 2.24) is 0 Å². The number of hydrogen-bond donors (Lipinski definition) is 1. The third-order valence-corrected chi connectivity index (χ3v) is 3.81. The zero-order valence-electron chi connectivity index (χ0n) is 11.0. The second kappa shape index (κ2) is 8.08. The molecule has 2 nitrogen and oxygen atoms in total. The fourth-order valence-corrected chi connectivity index (χ4v) is 2.71. The molecule has 16 heavy (non-hydrogen) atoms. The predicted molar refractivity (Wildman–Crippen MR) is 67.5 cm³/mol. The molecule has 0 aromatic carbocycles. The number of rotatable bonds is 8. The monoisotopic (exact) mass is 228 g/mol. The zero-order valence-corrected chi connectivity index (χ0v) is 11.0. The van der Waals surface area contributed by atoms with Crippen LogP contribution in [0.3, 0.4) is 0 Å². The molecule has 1 saturated heterocycles. The van der Waals surface area contributed by atoms with Gasteiger partial charge in [0.05, 0.1) is 19.3 Å². The van der Waals surface area contributed by atoms with Gasteiger partial charge in [0.1, 0.15) is 0 Å². The van der Waals surface area contributed by atoms with Crippen molar-refractivity contribution in [2.45, 2.75) is 64.9 Å². The van der Waals surface area contributed by atoms with E-state index in [4.69, 9.17) is 4.74 Å². The van der Waals surface area contributed by atoms with Gasteiger partial charge in [-0.2, -0.15) is 0 Å². The molecular weight excluding hydrogens is 200 g/mol. The molecule has 0 radical (unpaired) electrons.